The van der Waals surface area contributed by atoms with Gasteiger partial charge in [0.25, 0.3) is 0 Å². The van der Waals surface area contributed by atoms with Gasteiger partial charge in [-0.2, -0.15) is 4.68 Å². The molecule has 0 aliphatic carbocycles. The van der Waals surface area contributed by atoms with Gasteiger partial charge in [-0.15, -0.1) is 0 Å². The largest absolute Gasteiger partial charge is 0.497 e. The predicted molar refractivity (Wildman–Crippen MR) is 133 cm³/mol. The summed E-state index contributed by atoms with van der Waals surface area (Å²) in [6, 6.07) is 14.4. The van der Waals surface area contributed by atoms with Crippen LogP contribution in [0.25, 0.3) is 5.69 Å². The summed E-state index contributed by atoms with van der Waals surface area (Å²) in [5, 5.41) is 18.1. The number of nitrogens with one attached hydrogen (secondary N) is 2. The van der Waals surface area contributed by atoms with Gasteiger partial charge in [-0.3, -0.25) is 9.59 Å². The van der Waals surface area contributed by atoms with Crippen LogP contribution < -0.4 is 25.0 Å². The Bertz CT molecular complexity index is 1180. The van der Waals surface area contributed by atoms with Crippen LogP contribution in [0.2, 0.25) is 0 Å². The number of hydrogen-bond acceptors (Lipinski definition) is 8. The van der Waals surface area contributed by atoms with E-state index in [0.717, 1.165) is 24.1 Å². The van der Waals surface area contributed by atoms with Gasteiger partial charge < -0.3 is 25.0 Å². The molecule has 11 nitrogen and oxygen atoms in total. The van der Waals surface area contributed by atoms with Gasteiger partial charge in [-0.1, -0.05) is 29.4 Å². The number of ether oxygens (including phenoxy) is 2. The first-order chi connectivity index (χ1) is 17.5. The summed E-state index contributed by atoms with van der Waals surface area (Å²) in [6.45, 7) is 2.78. The second-order valence-electron chi connectivity index (χ2n) is 8.63. The molecule has 1 aromatic heterocycles. The normalized spacial score (nSPS) is 14.7. The molecular formula is C25H31N7O4. The highest BCUT2D eigenvalue weighted by Gasteiger charge is 2.28. The maximum Gasteiger partial charge on any atom is 0.250 e. The smallest absolute Gasteiger partial charge is 0.250 e. The lowest BCUT2D eigenvalue weighted by Crippen LogP contribution is -2.52. The lowest BCUT2D eigenvalue weighted by atomic mass is 10.0. The van der Waals surface area contributed by atoms with Crippen molar-refractivity contribution < 1.29 is 19.1 Å². The second kappa shape index (κ2) is 11.5. The van der Waals surface area contributed by atoms with E-state index in [9.17, 15) is 9.59 Å². The fraction of sp³-hybridized carbons (Fsp3) is 0.400. The van der Waals surface area contributed by atoms with Crippen LogP contribution in [0.5, 0.6) is 11.5 Å². The summed E-state index contributed by atoms with van der Waals surface area (Å²) in [5.74, 6) is 1.43. The van der Waals surface area contributed by atoms with Crippen molar-refractivity contribution in [3.05, 3.63) is 54.1 Å². The van der Waals surface area contributed by atoms with E-state index in [1.54, 1.807) is 31.0 Å². The van der Waals surface area contributed by atoms with E-state index in [-0.39, 0.29) is 17.9 Å². The zero-order valence-corrected chi connectivity index (χ0v) is 20.7. The van der Waals surface area contributed by atoms with Gasteiger partial charge in [0.15, 0.2) is 0 Å². The Balaban J connectivity index is 1.39. The molecule has 36 heavy (non-hydrogen) atoms. The van der Waals surface area contributed by atoms with Crippen molar-refractivity contribution in [3.8, 4) is 17.2 Å². The number of aromatic nitrogens is 4. The Morgan fingerprint density at radius 1 is 1.08 bits per heavy atom. The van der Waals surface area contributed by atoms with Crippen molar-refractivity contribution >= 4 is 17.8 Å². The number of anilines is 1. The van der Waals surface area contributed by atoms with Crippen LogP contribution >= 0.6 is 0 Å². The molecule has 1 unspecified atom stereocenters. The van der Waals surface area contributed by atoms with E-state index >= 15 is 0 Å². The molecule has 1 aliphatic rings. The molecule has 1 saturated heterocycles. The van der Waals surface area contributed by atoms with Crippen LogP contribution in [0.3, 0.4) is 0 Å². The summed E-state index contributed by atoms with van der Waals surface area (Å²) in [5.41, 5.74) is 1.69. The number of carbonyl (C=O) groups excluding carboxylic acids is 2. The third-order valence-electron chi connectivity index (χ3n) is 6.19. The molecule has 0 spiro atoms. The molecule has 3 aromatic rings. The van der Waals surface area contributed by atoms with E-state index < -0.39 is 6.04 Å². The topological polar surface area (TPSA) is 123 Å². The van der Waals surface area contributed by atoms with Crippen molar-refractivity contribution in [3.63, 3.8) is 0 Å². The summed E-state index contributed by atoms with van der Waals surface area (Å²) >= 11 is 0. The number of piperidine rings is 1. The Morgan fingerprint density at radius 3 is 2.50 bits per heavy atom. The Labute approximate surface area is 209 Å². The zero-order chi connectivity index (χ0) is 25.5. The highest BCUT2D eigenvalue weighted by Crippen LogP contribution is 2.26. The monoisotopic (exact) mass is 493 g/mol. The molecule has 4 rings (SSSR count). The average molecular weight is 494 g/mol. The van der Waals surface area contributed by atoms with Crippen molar-refractivity contribution in [2.75, 3.05) is 32.2 Å². The van der Waals surface area contributed by atoms with E-state index in [1.807, 2.05) is 36.4 Å². The Kier molecular flexibility index (Phi) is 7.99. The molecule has 2 amide bonds. The first-order valence-corrected chi connectivity index (χ1v) is 11.9. The number of carbonyl (C=O) groups is 2. The number of benzene rings is 2. The average Bonchev–Trinajstić information content (AvgIpc) is 3.39. The second-order valence-corrected chi connectivity index (χ2v) is 8.63. The lowest BCUT2D eigenvalue weighted by molar-refractivity contribution is -0.128. The van der Waals surface area contributed by atoms with E-state index in [1.165, 1.54) is 6.92 Å². The van der Waals surface area contributed by atoms with Crippen LogP contribution in [0, 0.1) is 0 Å². The molecule has 0 radical (unpaired) electrons. The van der Waals surface area contributed by atoms with Gasteiger partial charge in [0, 0.05) is 38.5 Å². The number of rotatable bonds is 9. The SMILES string of the molecule is COc1ccc(CC(NC(C)=O)C(=O)NC2CCN(c3nnnn3-c3ccccc3)CC2)c(OC)c1. The standard InChI is InChI=1S/C25H31N7O4/c1-17(33)26-22(15-18-9-10-21(35-2)16-23(18)36-3)24(34)27-19-11-13-31(14-12-19)25-28-29-30-32(25)20-7-5-4-6-8-20/h4-10,16,19,22H,11-15H2,1-3H3,(H,26,33)(H,27,34). The van der Waals surface area contributed by atoms with E-state index in [4.69, 9.17) is 9.47 Å². The molecular weight excluding hydrogens is 462 g/mol. The van der Waals surface area contributed by atoms with Crippen molar-refractivity contribution in [2.24, 2.45) is 0 Å². The highest BCUT2D eigenvalue weighted by molar-refractivity contribution is 5.87. The Hall–Kier alpha value is -4.15. The molecule has 0 bridgehead atoms. The lowest BCUT2D eigenvalue weighted by Gasteiger charge is -2.33. The molecule has 0 saturated carbocycles. The summed E-state index contributed by atoms with van der Waals surface area (Å²) < 4.78 is 12.4. The first kappa shape index (κ1) is 25.0. The zero-order valence-electron chi connectivity index (χ0n) is 20.7. The minimum atomic E-state index is -0.729. The van der Waals surface area contributed by atoms with Gasteiger partial charge in [0.2, 0.25) is 17.8 Å². The van der Waals surface area contributed by atoms with Gasteiger partial charge >= 0.3 is 0 Å². The van der Waals surface area contributed by atoms with Crippen molar-refractivity contribution in [1.82, 2.24) is 30.8 Å². The molecule has 1 atom stereocenters. The third kappa shape index (κ3) is 5.91. The number of amides is 2. The molecule has 1 aliphatic heterocycles. The van der Waals surface area contributed by atoms with Crippen LogP contribution in [0.15, 0.2) is 48.5 Å². The summed E-state index contributed by atoms with van der Waals surface area (Å²) in [6.07, 6.45) is 1.75. The van der Waals surface area contributed by atoms with E-state index in [2.05, 4.69) is 31.1 Å². The molecule has 11 heteroatoms. The van der Waals surface area contributed by atoms with E-state index in [0.29, 0.717) is 37.0 Å². The first-order valence-electron chi connectivity index (χ1n) is 11.9. The van der Waals surface area contributed by atoms with Gasteiger partial charge in [0.05, 0.1) is 19.9 Å². The maximum atomic E-state index is 13.2. The van der Waals surface area contributed by atoms with Gasteiger partial charge in [0.1, 0.15) is 17.5 Å². The number of methoxy groups -OCH3 is 2. The molecule has 1 fully saturated rings. The predicted octanol–water partition coefficient (Wildman–Crippen LogP) is 1.51. The van der Waals surface area contributed by atoms with Crippen LogP contribution in [-0.4, -0.2) is 71.4 Å². The van der Waals surface area contributed by atoms with Gasteiger partial charge in [-0.05, 0) is 47.0 Å². The number of para-hydroxylation sites is 1. The highest BCUT2D eigenvalue weighted by atomic mass is 16.5. The fourth-order valence-electron chi connectivity index (χ4n) is 4.34. The van der Waals surface area contributed by atoms with Crippen LogP contribution in [0.4, 0.5) is 5.95 Å². The summed E-state index contributed by atoms with van der Waals surface area (Å²) in [4.78, 5) is 27.1. The van der Waals surface area contributed by atoms with Crippen LogP contribution in [-0.2, 0) is 16.0 Å². The number of hydrogen-bond donors (Lipinski definition) is 2. The van der Waals surface area contributed by atoms with Crippen molar-refractivity contribution in [1.29, 1.82) is 0 Å². The third-order valence-corrected chi connectivity index (χ3v) is 6.19. The maximum absolute atomic E-state index is 13.2. The van der Waals surface area contributed by atoms with Gasteiger partial charge in [-0.25, -0.2) is 0 Å². The molecule has 190 valence electrons. The molecule has 2 N–H and O–H groups in total. The summed E-state index contributed by atoms with van der Waals surface area (Å²) in [7, 11) is 3.14. The number of tetrazole rings is 1. The van der Waals surface area contributed by atoms with Crippen molar-refractivity contribution in [2.45, 2.75) is 38.3 Å². The quantitative estimate of drug-likeness (QED) is 0.460. The minimum absolute atomic E-state index is 0.0242. The molecule has 2 heterocycles. The van der Waals surface area contributed by atoms with Crippen LogP contribution in [0.1, 0.15) is 25.3 Å². The molecule has 2 aromatic carbocycles. The minimum Gasteiger partial charge on any atom is -0.497 e. The Morgan fingerprint density at radius 2 is 1.83 bits per heavy atom. The number of nitrogens with zero attached hydrogens (tertiary/aromatic N) is 5. The fourth-order valence-corrected chi connectivity index (χ4v) is 4.34.